The van der Waals surface area contributed by atoms with Crippen LogP contribution in [0.5, 0.6) is 0 Å². The minimum atomic E-state index is -0.518. The van der Waals surface area contributed by atoms with Gasteiger partial charge < -0.3 is 14.6 Å². The van der Waals surface area contributed by atoms with E-state index in [1.54, 1.807) is 24.3 Å². The van der Waals surface area contributed by atoms with Crippen LogP contribution in [0.4, 0.5) is 5.69 Å². The van der Waals surface area contributed by atoms with Crippen LogP contribution in [-0.2, 0) is 22.6 Å². The zero-order chi connectivity index (χ0) is 23.9. The number of nitrogens with zero attached hydrogens (tertiary/aromatic N) is 7. The smallest absolute Gasteiger partial charge is 0.339 e. The Morgan fingerprint density at radius 1 is 1.03 bits per heavy atom. The Labute approximate surface area is 199 Å². The number of benzene rings is 2. The number of hydrogen-bond donors (Lipinski definition) is 1. The van der Waals surface area contributed by atoms with E-state index in [4.69, 9.17) is 4.74 Å². The van der Waals surface area contributed by atoms with Gasteiger partial charge in [0.1, 0.15) is 6.54 Å². The largest absolute Gasteiger partial charge is 0.465 e. The molecule has 0 fully saturated rings. The lowest BCUT2D eigenvalue weighted by molar-refractivity contribution is -0.113. The minimum absolute atomic E-state index is 0.0906. The second-order valence-corrected chi connectivity index (χ2v) is 7.97. The number of carbonyl (C=O) groups is 2. The number of tetrazole rings is 1. The first kappa shape index (κ1) is 23.1. The van der Waals surface area contributed by atoms with Crippen molar-refractivity contribution >= 4 is 29.3 Å². The molecule has 2 aromatic heterocycles. The lowest BCUT2D eigenvalue weighted by Crippen LogP contribution is -2.17. The first-order valence-corrected chi connectivity index (χ1v) is 11.4. The molecule has 174 valence electrons. The number of para-hydroxylation sites is 1. The average molecular weight is 479 g/mol. The van der Waals surface area contributed by atoms with Crippen LogP contribution in [0.2, 0.25) is 0 Å². The Kier molecular flexibility index (Phi) is 7.28. The zero-order valence-electron chi connectivity index (χ0n) is 18.6. The standard InChI is InChI=1S/C22H22N8O3S/c1-3-29-18(13-30-27-20(25-28-30)15-9-5-4-6-10-15)24-26-22(29)34-14-19(31)23-17-12-8-7-11-16(17)21(32)33-2/h4-12H,3,13-14H2,1-2H3,(H,23,31). The van der Waals surface area contributed by atoms with E-state index in [2.05, 4.69) is 30.9 Å². The van der Waals surface area contributed by atoms with Crippen molar-refractivity contribution in [1.29, 1.82) is 0 Å². The molecule has 1 amide bonds. The molecule has 4 aromatic rings. The van der Waals surface area contributed by atoms with Gasteiger partial charge in [-0.15, -0.1) is 20.4 Å². The molecule has 34 heavy (non-hydrogen) atoms. The van der Waals surface area contributed by atoms with E-state index < -0.39 is 5.97 Å². The monoisotopic (exact) mass is 478 g/mol. The molecule has 0 unspecified atom stereocenters. The highest BCUT2D eigenvalue weighted by molar-refractivity contribution is 7.99. The lowest BCUT2D eigenvalue weighted by Gasteiger charge is -2.10. The van der Waals surface area contributed by atoms with Crippen molar-refractivity contribution in [3.8, 4) is 11.4 Å². The van der Waals surface area contributed by atoms with Gasteiger partial charge in [-0.25, -0.2) is 4.79 Å². The molecule has 0 radical (unpaired) electrons. The summed E-state index contributed by atoms with van der Waals surface area (Å²) in [6, 6.07) is 16.3. The third-order valence-electron chi connectivity index (χ3n) is 4.82. The third kappa shape index (κ3) is 5.29. The molecule has 0 saturated heterocycles. The van der Waals surface area contributed by atoms with Gasteiger partial charge in [-0.3, -0.25) is 4.79 Å². The summed E-state index contributed by atoms with van der Waals surface area (Å²) >= 11 is 1.25. The summed E-state index contributed by atoms with van der Waals surface area (Å²) in [5.41, 5.74) is 1.56. The molecule has 0 spiro atoms. The molecule has 0 saturated carbocycles. The molecule has 0 aliphatic heterocycles. The number of carbonyl (C=O) groups excluding carboxylic acids is 2. The summed E-state index contributed by atoms with van der Waals surface area (Å²) < 4.78 is 6.66. The Bertz CT molecular complexity index is 1290. The maximum absolute atomic E-state index is 12.5. The van der Waals surface area contributed by atoms with Crippen LogP contribution in [-0.4, -0.2) is 59.7 Å². The maximum Gasteiger partial charge on any atom is 0.339 e. The van der Waals surface area contributed by atoms with Crippen molar-refractivity contribution in [2.75, 3.05) is 18.2 Å². The van der Waals surface area contributed by atoms with Gasteiger partial charge in [0.15, 0.2) is 11.0 Å². The van der Waals surface area contributed by atoms with Crippen LogP contribution in [0, 0.1) is 0 Å². The highest BCUT2D eigenvalue weighted by Gasteiger charge is 2.17. The van der Waals surface area contributed by atoms with E-state index in [0.717, 1.165) is 5.56 Å². The number of ether oxygens (including phenoxy) is 1. The number of hydrogen-bond acceptors (Lipinski definition) is 9. The predicted octanol–water partition coefficient (Wildman–Crippen LogP) is 2.52. The number of anilines is 1. The van der Waals surface area contributed by atoms with Gasteiger partial charge in [0.05, 0.1) is 24.1 Å². The van der Waals surface area contributed by atoms with E-state index in [1.165, 1.54) is 23.7 Å². The van der Waals surface area contributed by atoms with Gasteiger partial charge >= 0.3 is 5.97 Å². The Morgan fingerprint density at radius 3 is 2.56 bits per heavy atom. The summed E-state index contributed by atoms with van der Waals surface area (Å²) in [7, 11) is 1.29. The van der Waals surface area contributed by atoms with Crippen molar-refractivity contribution in [1.82, 2.24) is 35.0 Å². The molecule has 2 aromatic carbocycles. The molecule has 2 heterocycles. The number of rotatable bonds is 9. The van der Waals surface area contributed by atoms with Gasteiger partial charge in [0.2, 0.25) is 11.7 Å². The molecular formula is C22H22N8O3S. The highest BCUT2D eigenvalue weighted by atomic mass is 32.2. The molecule has 12 heteroatoms. The molecule has 0 atom stereocenters. The first-order valence-electron chi connectivity index (χ1n) is 10.4. The molecule has 11 nitrogen and oxygen atoms in total. The molecule has 0 bridgehead atoms. The summed E-state index contributed by atoms with van der Waals surface area (Å²) in [5, 5.41) is 24.4. The zero-order valence-corrected chi connectivity index (χ0v) is 19.4. The fourth-order valence-corrected chi connectivity index (χ4v) is 4.02. The fourth-order valence-electron chi connectivity index (χ4n) is 3.20. The van der Waals surface area contributed by atoms with Gasteiger partial charge in [0, 0.05) is 12.1 Å². The van der Waals surface area contributed by atoms with Crippen LogP contribution >= 0.6 is 11.8 Å². The average Bonchev–Trinajstić information content (AvgIpc) is 3.50. The van der Waals surface area contributed by atoms with Gasteiger partial charge in [-0.1, -0.05) is 54.2 Å². The Balaban J connectivity index is 1.40. The van der Waals surface area contributed by atoms with Gasteiger partial charge in [-0.05, 0) is 24.3 Å². The van der Waals surface area contributed by atoms with Crippen LogP contribution in [0.3, 0.4) is 0 Å². The summed E-state index contributed by atoms with van der Waals surface area (Å²) in [4.78, 5) is 25.9. The second-order valence-electron chi connectivity index (χ2n) is 7.03. The molecule has 0 aliphatic carbocycles. The summed E-state index contributed by atoms with van der Waals surface area (Å²) in [6.45, 7) is 2.87. The number of aromatic nitrogens is 7. The van der Waals surface area contributed by atoms with E-state index >= 15 is 0 Å². The van der Waals surface area contributed by atoms with Crippen molar-refractivity contribution in [3.05, 3.63) is 66.0 Å². The van der Waals surface area contributed by atoms with Crippen molar-refractivity contribution < 1.29 is 14.3 Å². The maximum atomic E-state index is 12.5. The topological polar surface area (TPSA) is 130 Å². The molecule has 4 rings (SSSR count). The van der Waals surface area contributed by atoms with Crippen LogP contribution < -0.4 is 5.32 Å². The normalized spacial score (nSPS) is 10.8. The number of amides is 1. The summed E-state index contributed by atoms with van der Waals surface area (Å²) in [5.74, 6) is 0.475. The van der Waals surface area contributed by atoms with E-state index in [0.29, 0.717) is 35.6 Å². The Hall–Kier alpha value is -4.06. The SMILES string of the molecule is CCn1c(Cn2nnc(-c3ccccc3)n2)nnc1SCC(=O)Nc1ccccc1C(=O)OC. The number of esters is 1. The second kappa shape index (κ2) is 10.7. The molecular weight excluding hydrogens is 456 g/mol. The van der Waals surface area contributed by atoms with E-state index in [-0.39, 0.29) is 17.2 Å². The quantitative estimate of drug-likeness (QED) is 0.285. The summed E-state index contributed by atoms with van der Waals surface area (Å²) in [6.07, 6.45) is 0. The predicted molar refractivity (Wildman–Crippen MR) is 125 cm³/mol. The van der Waals surface area contributed by atoms with Crippen molar-refractivity contribution in [2.24, 2.45) is 0 Å². The van der Waals surface area contributed by atoms with Crippen LogP contribution in [0.15, 0.2) is 59.8 Å². The lowest BCUT2D eigenvalue weighted by atomic mass is 10.2. The van der Waals surface area contributed by atoms with Crippen molar-refractivity contribution in [2.45, 2.75) is 25.2 Å². The molecule has 0 aliphatic rings. The van der Waals surface area contributed by atoms with E-state index in [9.17, 15) is 9.59 Å². The van der Waals surface area contributed by atoms with Gasteiger partial charge in [-0.2, -0.15) is 4.80 Å². The van der Waals surface area contributed by atoms with E-state index in [1.807, 2.05) is 41.8 Å². The number of methoxy groups -OCH3 is 1. The van der Waals surface area contributed by atoms with Gasteiger partial charge in [0.25, 0.3) is 0 Å². The Morgan fingerprint density at radius 2 is 1.79 bits per heavy atom. The number of thioether (sulfide) groups is 1. The van der Waals surface area contributed by atoms with Crippen molar-refractivity contribution in [3.63, 3.8) is 0 Å². The highest BCUT2D eigenvalue weighted by Crippen LogP contribution is 2.20. The fraction of sp³-hybridized carbons (Fsp3) is 0.227. The first-order chi connectivity index (χ1) is 16.6. The van der Waals surface area contributed by atoms with Crippen LogP contribution in [0.25, 0.3) is 11.4 Å². The number of nitrogens with one attached hydrogen (secondary N) is 1. The third-order valence-corrected chi connectivity index (χ3v) is 5.78. The minimum Gasteiger partial charge on any atom is -0.465 e. The molecule has 1 N–H and O–H groups in total. The van der Waals surface area contributed by atoms with Crippen LogP contribution in [0.1, 0.15) is 23.1 Å².